The van der Waals surface area contributed by atoms with Crippen molar-refractivity contribution in [3.8, 4) is 0 Å². The molecule has 4 nitrogen and oxygen atoms in total. The van der Waals surface area contributed by atoms with Crippen LogP contribution >= 0.6 is 0 Å². The van der Waals surface area contributed by atoms with Crippen molar-refractivity contribution in [1.82, 2.24) is 4.98 Å². The highest BCUT2D eigenvalue weighted by Crippen LogP contribution is 2.51. The Morgan fingerprint density at radius 2 is 1.72 bits per heavy atom. The summed E-state index contributed by atoms with van der Waals surface area (Å²) in [4.78, 5) is 31.7. The van der Waals surface area contributed by atoms with Crippen LogP contribution in [0.4, 0.5) is 5.69 Å². The largest absolute Gasteiger partial charge is 0.357 e. The van der Waals surface area contributed by atoms with E-state index < -0.39 is 5.92 Å². The number of nitrogens with zero attached hydrogens (tertiary/aromatic N) is 1. The zero-order chi connectivity index (χ0) is 20.1. The molecule has 1 saturated heterocycles. The molecule has 0 bridgehead atoms. The molecule has 1 aliphatic carbocycles. The first kappa shape index (κ1) is 18.2. The van der Waals surface area contributed by atoms with Gasteiger partial charge in [-0.3, -0.25) is 9.59 Å². The van der Waals surface area contributed by atoms with Crippen molar-refractivity contribution < 1.29 is 9.59 Å². The van der Waals surface area contributed by atoms with E-state index in [9.17, 15) is 9.59 Å². The van der Waals surface area contributed by atoms with Crippen LogP contribution in [0.3, 0.4) is 0 Å². The third-order valence-electron chi connectivity index (χ3n) is 6.57. The number of aromatic amines is 1. The molecule has 0 unspecified atom stereocenters. The molecule has 3 atom stereocenters. The molecule has 1 N–H and O–H groups in total. The Hall–Kier alpha value is -2.88. The van der Waals surface area contributed by atoms with Gasteiger partial charge in [-0.15, -0.1) is 0 Å². The smallest absolute Gasteiger partial charge is 0.243 e. The molecule has 29 heavy (non-hydrogen) atoms. The molecule has 148 valence electrons. The van der Waals surface area contributed by atoms with Gasteiger partial charge in [0.15, 0.2) is 0 Å². The van der Waals surface area contributed by atoms with E-state index in [2.05, 4.69) is 37.0 Å². The maximum atomic E-state index is 13.4. The van der Waals surface area contributed by atoms with Gasteiger partial charge in [-0.25, -0.2) is 4.90 Å². The summed E-state index contributed by atoms with van der Waals surface area (Å²) in [7, 11) is 0. The number of para-hydroxylation sites is 2. The van der Waals surface area contributed by atoms with Crippen molar-refractivity contribution in [2.75, 3.05) is 4.90 Å². The Labute approximate surface area is 170 Å². The van der Waals surface area contributed by atoms with E-state index in [0.29, 0.717) is 17.5 Å². The summed E-state index contributed by atoms with van der Waals surface area (Å²) in [6, 6.07) is 17.6. The number of rotatable bonds is 4. The van der Waals surface area contributed by atoms with E-state index in [4.69, 9.17) is 0 Å². The second kappa shape index (κ2) is 6.87. The molecule has 2 heterocycles. The Morgan fingerprint density at radius 3 is 2.48 bits per heavy atom. The number of hydrogen-bond donors (Lipinski definition) is 1. The molecule has 2 aliphatic rings. The average molecular weight is 386 g/mol. The molecule has 4 heteroatoms. The van der Waals surface area contributed by atoms with Crippen molar-refractivity contribution in [2.24, 2.45) is 11.8 Å². The van der Waals surface area contributed by atoms with Crippen molar-refractivity contribution in [1.29, 1.82) is 0 Å². The van der Waals surface area contributed by atoms with Crippen LogP contribution in [0.25, 0.3) is 10.9 Å². The summed E-state index contributed by atoms with van der Waals surface area (Å²) in [6.45, 7) is 4.48. The van der Waals surface area contributed by atoms with Gasteiger partial charge in [0.1, 0.15) is 0 Å². The van der Waals surface area contributed by atoms with Gasteiger partial charge in [0.25, 0.3) is 0 Å². The van der Waals surface area contributed by atoms with Gasteiger partial charge in [0, 0.05) is 16.6 Å². The van der Waals surface area contributed by atoms with Crippen molar-refractivity contribution in [3.05, 3.63) is 65.9 Å². The predicted octanol–water partition coefficient (Wildman–Crippen LogP) is 5.36. The van der Waals surface area contributed by atoms with Crippen LogP contribution in [0.2, 0.25) is 0 Å². The molecule has 2 aromatic carbocycles. The summed E-state index contributed by atoms with van der Waals surface area (Å²) in [5, 5.41) is 1.20. The standard InChI is InChI=1S/C25H26N2O2/c1-15(2)12-13-16-14-19-22(23-21(16)18-10-6-7-11-20(18)26-23)25(29)27(24(19)28)17-8-4-3-5-9-17/h3-11,15-16,19,22,26H,12-14H2,1-2H3/t16-,19+,22+/m0/s1. The lowest BCUT2D eigenvalue weighted by atomic mass is 9.71. The first-order valence-electron chi connectivity index (χ1n) is 10.6. The number of hydrogen-bond acceptors (Lipinski definition) is 2. The highest BCUT2D eigenvalue weighted by molar-refractivity contribution is 6.24. The number of H-pyrrole nitrogens is 1. The van der Waals surface area contributed by atoms with E-state index in [-0.39, 0.29) is 17.7 Å². The maximum absolute atomic E-state index is 13.4. The predicted molar refractivity (Wildman–Crippen MR) is 115 cm³/mol. The first-order chi connectivity index (χ1) is 14.1. The topological polar surface area (TPSA) is 53.2 Å². The fourth-order valence-electron chi connectivity index (χ4n) is 5.21. The quantitative estimate of drug-likeness (QED) is 0.613. The van der Waals surface area contributed by atoms with Crippen LogP contribution in [-0.2, 0) is 9.59 Å². The van der Waals surface area contributed by atoms with Crippen molar-refractivity contribution >= 4 is 28.4 Å². The lowest BCUT2D eigenvalue weighted by molar-refractivity contribution is -0.122. The van der Waals surface area contributed by atoms with Gasteiger partial charge < -0.3 is 4.98 Å². The molecule has 0 saturated carbocycles. The minimum atomic E-state index is -0.402. The number of aromatic nitrogens is 1. The van der Waals surface area contributed by atoms with E-state index in [1.807, 2.05) is 36.4 Å². The summed E-state index contributed by atoms with van der Waals surface area (Å²) >= 11 is 0. The van der Waals surface area contributed by atoms with Crippen LogP contribution in [0.5, 0.6) is 0 Å². The molecule has 1 fully saturated rings. The fourth-order valence-corrected chi connectivity index (χ4v) is 5.21. The number of carbonyl (C=O) groups is 2. The van der Waals surface area contributed by atoms with Crippen LogP contribution < -0.4 is 4.90 Å². The van der Waals surface area contributed by atoms with Crippen LogP contribution in [-0.4, -0.2) is 16.8 Å². The van der Waals surface area contributed by atoms with Crippen molar-refractivity contribution in [2.45, 2.75) is 44.9 Å². The summed E-state index contributed by atoms with van der Waals surface area (Å²) in [6.07, 6.45) is 2.91. The number of carbonyl (C=O) groups excluding carboxylic acids is 2. The van der Waals surface area contributed by atoms with E-state index in [1.165, 1.54) is 15.8 Å². The maximum Gasteiger partial charge on any atom is 0.243 e. The Balaban J connectivity index is 1.63. The average Bonchev–Trinajstić information content (AvgIpc) is 3.22. The van der Waals surface area contributed by atoms with Crippen LogP contribution in [0.1, 0.15) is 56.2 Å². The van der Waals surface area contributed by atoms with Crippen LogP contribution in [0.15, 0.2) is 54.6 Å². The molecule has 1 aromatic heterocycles. The van der Waals surface area contributed by atoms with Gasteiger partial charge in [-0.2, -0.15) is 0 Å². The summed E-state index contributed by atoms with van der Waals surface area (Å²) < 4.78 is 0. The lowest BCUT2D eigenvalue weighted by Crippen LogP contribution is -2.30. The normalized spacial score (nSPS) is 23.7. The fraction of sp³-hybridized carbons (Fsp3) is 0.360. The van der Waals surface area contributed by atoms with E-state index >= 15 is 0 Å². The second-order valence-corrected chi connectivity index (χ2v) is 8.83. The number of imide groups is 1. The number of fused-ring (bicyclic) bond motifs is 5. The third-order valence-corrected chi connectivity index (χ3v) is 6.57. The first-order valence-corrected chi connectivity index (χ1v) is 10.6. The molecule has 2 amide bonds. The summed E-state index contributed by atoms with van der Waals surface area (Å²) in [5.41, 5.74) is 3.96. The Morgan fingerprint density at radius 1 is 1.00 bits per heavy atom. The zero-order valence-corrected chi connectivity index (χ0v) is 16.9. The Bertz CT molecular complexity index is 1080. The minimum absolute atomic E-state index is 0.0509. The highest BCUT2D eigenvalue weighted by atomic mass is 16.2. The Kier molecular flexibility index (Phi) is 4.30. The van der Waals surface area contributed by atoms with E-state index in [0.717, 1.165) is 30.5 Å². The SMILES string of the molecule is CC(C)CC[C@H]1C[C@H]2C(=O)N(c3ccccc3)C(=O)[C@H]2c2[nH]c3ccccc3c21. The lowest BCUT2D eigenvalue weighted by Gasteiger charge is -2.30. The molecule has 0 spiro atoms. The number of amides is 2. The van der Waals surface area contributed by atoms with Gasteiger partial charge >= 0.3 is 0 Å². The zero-order valence-electron chi connectivity index (χ0n) is 16.9. The molecule has 0 radical (unpaired) electrons. The van der Waals surface area contributed by atoms with Gasteiger partial charge in [-0.1, -0.05) is 56.7 Å². The molecule has 3 aromatic rings. The number of nitrogens with one attached hydrogen (secondary N) is 1. The van der Waals surface area contributed by atoms with Crippen molar-refractivity contribution in [3.63, 3.8) is 0 Å². The highest BCUT2D eigenvalue weighted by Gasteiger charge is 2.53. The van der Waals surface area contributed by atoms with Gasteiger partial charge in [-0.05, 0) is 48.4 Å². The van der Waals surface area contributed by atoms with E-state index in [1.54, 1.807) is 0 Å². The monoisotopic (exact) mass is 386 g/mol. The summed E-state index contributed by atoms with van der Waals surface area (Å²) in [5.74, 6) is 0.0904. The second-order valence-electron chi connectivity index (χ2n) is 8.83. The van der Waals surface area contributed by atoms with Crippen LogP contribution in [0, 0.1) is 11.8 Å². The molecular weight excluding hydrogens is 360 g/mol. The van der Waals surface area contributed by atoms with Gasteiger partial charge in [0.05, 0.1) is 17.5 Å². The third kappa shape index (κ3) is 2.81. The minimum Gasteiger partial charge on any atom is -0.357 e. The van der Waals surface area contributed by atoms with Gasteiger partial charge in [0.2, 0.25) is 11.8 Å². The number of anilines is 1. The molecule has 1 aliphatic heterocycles. The molecule has 5 rings (SSSR count). The molecular formula is C25H26N2O2. The number of benzene rings is 2.